The van der Waals surface area contributed by atoms with Crippen molar-refractivity contribution in [3.8, 4) is 5.75 Å². The molecule has 0 saturated carbocycles. The lowest BCUT2D eigenvalue weighted by atomic mass is 10.2. The first-order chi connectivity index (χ1) is 10.2. The van der Waals surface area contributed by atoms with Gasteiger partial charge in [-0.3, -0.25) is 9.88 Å². The zero-order valence-corrected chi connectivity index (χ0v) is 11.4. The van der Waals surface area contributed by atoms with Gasteiger partial charge < -0.3 is 15.7 Å². The van der Waals surface area contributed by atoms with E-state index in [-0.39, 0.29) is 11.8 Å². The average Bonchev–Trinajstić information content (AvgIpc) is 2.93. The van der Waals surface area contributed by atoms with E-state index in [1.165, 1.54) is 6.20 Å². The maximum atomic E-state index is 11.6. The Kier molecular flexibility index (Phi) is 3.59. The van der Waals surface area contributed by atoms with Crippen molar-refractivity contribution in [3.05, 3.63) is 48.3 Å². The number of amides is 2. The first kappa shape index (κ1) is 13.2. The van der Waals surface area contributed by atoms with Crippen LogP contribution in [0.4, 0.5) is 16.2 Å². The van der Waals surface area contributed by atoms with E-state index in [0.717, 1.165) is 17.1 Å². The van der Waals surface area contributed by atoms with Gasteiger partial charge in [-0.15, -0.1) is 0 Å². The minimum atomic E-state index is -0.0518. The second-order valence-electron chi connectivity index (χ2n) is 4.79. The molecule has 0 aliphatic carbocycles. The molecule has 2 amide bonds. The number of hydrogen-bond donors (Lipinski definition) is 3. The van der Waals surface area contributed by atoms with Crippen molar-refractivity contribution in [2.24, 2.45) is 0 Å². The number of benzene rings is 1. The van der Waals surface area contributed by atoms with Crippen LogP contribution in [0.15, 0.2) is 42.6 Å². The van der Waals surface area contributed by atoms with Crippen LogP contribution in [0.5, 0.6) is 5.75 Å². The van der Waals surface area contributed by atoms with Crippen LogP contribution in [0.1, 0.15) is 5.69 Å². The molecule has 2 aromatic rings. The van der Waals surface area contributed by atoms with Gasteiger partial charge in [0.2, 0.25) is 0 Å². The second-order valence-corrected chi connectivity index (χ2v) is 4.79. The fourth-order valence-electron chi connectivity index (χ4n) is 2.19. The SMILES string of the molecule is O=C1NCCN1c1ccc(NCc2ccc(O)cn2)cc1. The highest BCUT2D eigenvalue weighted by Gasteiger charge is 2.20. The van der Waals surface area contributed by atoms with E-state index in [1.807, 2.05) is 24.3 Å². The lowest BCUT2D eigenvalue weighted by molar-refractivity contribution is 0.252. The van der Waals surface area contributed by atoms with E-state index in [2.05, 4.69) is 15.6 Å². The van der Waals surface area contributed by atoms with E-state index >= 15 is 0 Å². The summed E-state index contributed by atoms with van der Waals surface area (Å²) in [6, 6.07) is 11.0. The third-order valence-electron chi connectivity index (χ3n) is 3.32. The average molecular weight is 284 g/mol. The van der Waals surface area contributed by atoms with Gasteiger partial charge in [-0.25, -0.2) is 4.79 Å². The Morgan fingerprint density at radius 1 is 1.24 bits per heavy atom. The summed E-state index contributed by atoms with van der Waals surface area (Å²) >= 11 is 0. The molecule has 3 rings (SSSR count). The minimum Gasteiger partial charge on any atom is -0.506 e. The third kappa shape index (κ3) is 3.05. The number of anilines is 2. The molecule has 0 bridgehead atoms. The summed E-state index contributed by atoms with van der Waals surface area (Å²) < 4.78 is 0. The van der Waals surface area contributed by atoms with Gasteiger partial charge in [0, 0.05) is 24.5 Å². The molecule has 6 nitrogen and oxygen atoms in total. The summed E-state index contributed by atoms with van der Waals surface area (Å²) in [5.41, 5.74) is 2.68. The first-order valence-corrected chi connectivity index (χ1v) is 6.75. The Bertz CT molecular complexity index is 625. The van der Waals surface area contributed by atoms with E-state index in [9.17, 15) is 9.90 Å². The molecule has 0 unspecified atom stereocenters. The Balaban J connectivity index is 1.62. The van der Waals surface area contributed by atoms with Gasteiger partial charge in [0.1, 0.15) is 5.75 Å². The predicted molar refractivity (Wildman–Crippen MR) is 80.4 cm³/mol. The number of carbonyl (C=O) groups excluding carboxylic acids is 1. The fourth-order valence-corrected chi connectivity index (χ4v) is 2.19. The molecule has 1 aliphatic rings. The summed E-state index contributed by atoms with van der Waals surface area (Å²) in [4.78, 5) is 17.4. The summed E-state index contributed by atoms with van der Waals surface area (Å²) in [7, 11) is 0. The van der Waals surface area contributed by atoms with Crippen molar-refractivity contribution >= 4 is 17.4 Å². The minimum absolute atomic E-state index is 0.0518. The summed E-state index contributed by atoms with van der Waals surface area (Å²) in [5.74, 6) is 0.159. The number of carbonyl (C=O) groups is 1. The number of rotatable bonds is 4. The Morgan fingerprint density at radius 2 is 2.05 bits per heavy atom. The number of nitrogens with zero attached hydrogens (tertiary/aromatic N) is 2. The van der Waals surface area contributed by atoms with Crippen LogP contribution in [0, 0.1) is 0 Å². The van der Waals surface area contributed by atoms with Gasteiger partial charge in [-0.1, -0.05) is 0 Å². The third-order valence-corrected chi connectivity index (χ3v) is 3.32. The quantitative estimate of drug-likeness (QED) is 0.801. The Hall–Kier alpha value is -2.76. The summed E-state index contributed by atoms with van der Waals surface area (Å²) in [6.07, 6.45) is 1.42. The van der Waals surface area contributed by atoms with Crippen molar-refractivity contribution in [2.45, 2.75) is 6.54 Å². The lowest BCUT2D eigenvalue weighted by Crippen LogP contribution is -2.27. The van der Waals surface area contributed by atoms with Gasteiger partial charge in [0.05, 0.1) is 18.4 Å². The van der Waals surface area contributed by atoms with Crippen molar-refractivity contribution in [3.63, 3.8) is 0 Å². The van der Waals surface area contributed by atoms with Gasteiger partial charge >= 0.3 is 6.03 Å². The van der Waals surface area contributed by atoms with Crippen LogP contribution >= 0.6 is 0 Å². The van der Waals surface area contributed by atoms with Gasteiger partial charge in [-0.2, -0.15) is 0 Å². The summed E-state index contributed by atoms with van der Waals surface area (Å²) in [6.45, 7) is 1.96. The van der Waals surface area contributed by atoms with Crippen molar-refractivity contribution in [2.75, 3.05) is 23.3 Å². The predicted octanol–water partition coefficient (Wildman–Crippen LogP) is 1.93. The molecule has 1 aromatic carbocycles. The van der Waals surface area contributed by atoms with Gasteiger partial charge in [-0.05, 0) is 36.4 Å². The molecule has 6 heteroatoms. The van der Waals surface area contributed by atoms with E-state index in [4.69, 9.17) is 0 Å². The molecule has 0 atom stereocenters. The fraction of sp³-hybridized carbons (Fsp3) is 0.200. The van der Waals surface area contributed by atoms with E-state index < -0.39 is 0 Å². The zero-order chi connectivity index (χ0) is 14.7. The van der Waals surface area contributed by atoms with Crippen molar-refractivity contribution in [1.82, 2.24) is 10.3 Å². The molecule has 2 heterocycles. The molecule has 0 radical (unpaired) electrons. The maximum Gasteiger partial charge on any atom is 0.321 e. The van der Waals surface area contributed by atoms with Crippen LogP contribution in [-0.4, -0.2) is 29.2 Å². The number of urea groups is 1. The van der Waals surface area contributed by atoms with Gasteiger partial charge in [0.15, 0.2) is 0 Å². The molecular formula is C15H16N4O2. The molecular weight excluding hydrogens is 268 g/mol. The second kappa shape index (κ2) is 5.70. The van der Waals surface area contributed by atoms with Crippen LogP contribution in [-0.2, 0) is 6.54 Å². The Labute approximate surface area is 122 Å². The van der Waals surface area contributed by atoms with E-state index in [0.29, 0.717) is 19.6 Å². The molecule has 21 heavy (non-hydrogen) atoms. The standard InChI is InChI=1S/C15H16N4O2/c20-14-6-3-12(18-10-14)9-17-11-1-4-13(5-2-11)19-8-7-16-15(19)21/h1-6,10,17,20H,7-9H2,(H,16,21). The topological polar surface area (TPSA) is 77.5 Å². The molecule has 0 spiro atoms. The molecule has 108 valence electrons. The van der Waals surface area contributed by atoms with Crippen molar-refractivity contribution < 1.29 is 9.90 Å². The molecule has 1 aromatic heterocycles. The highest BCUT2D eigenvalue weighted by Crippen LogP contribution is 2.20. The van der Waals surface area contributed by atoms with Crippen LogP contribution in [0.3, 0.4) is 0 Å². The maximum absolute atomic E-state index is 11.6. The van der Waals surface area contributed by atoms with Crippen molar-refractivity contribution in [1.29, 1.82) is 0 Å². The zero-order valence-electron chi connectivity index (χ0n) is 11.4. The number of pyridine rings is 1. The normalized spacial score (nSPS) is 14.1. The number of nitrogens with one attached hydrogen (secondary N) is 2. The molecule has 3 N–H and O–H groups in total. The Morgan fingerprint density at radius 3 is 2.67 bits per heavy atom. The molecule has 1 aliphatic heterocycles. The first-order valence-electron chi connectivity index (χ1n) is 6.75. The summed E-state index contributed by atoms with van der Waals surface area (Å²) in [5, 5.41) is 15.2. The number of aromatic hydroxyl groups is 1. The van der Waals surface area contributed by atoms with Crippen LogP contribution < -0.4 is 15.5 Å². The smallest absolute Gasteiger partial charge is 0.321 e. The number of hydrogen-bond acceptors (Lipinski definition) is 4. The monoisotopic (exact) mass is 284 g/mol. The number of aromatic nitrogens is 1. The van der Waals surface area contributed by atoms with Gasteiger partial charge in [0.25, 0.3) is 0 Å². The van der Waals surface area contributed by atoms with Crippen LogP contribution in [0.2, 0.25) is 0 Å². The highest BCUT2D eigenvalue weighted by molar-refractivity contribution is 5.94. The highest BCUT2D eigenvalue weighted by atomic mass is 16.3. The largest absolute Gasteiger partial charge is 0.506 e. The molecule has 1 fully saturated rings. The lowest BCUT2D eigenvalue weighted by Gasteiger charge is -2.15. The molecule has 1 saturated heterocycles. The van der Waals surface area contributed by atoms with E-state index in [1.54, 1.807) is 17.0 Å². The van der Waals surface area contributed by atoms with Crippen LogP contribution in [0.25, 0.3) is 0 Å².